The Kier molecular flexibility index (Phi) is 5.50. The summed E-state index contributed by atoms with van der Waals surface area (Å²) >= 11 is 0. The third kappa shape index (κ3) is 4.06. The predicted molar refractivity (Wildman–Crippen MR) is 113 cm³/mol. The highest BCUT2D eigenvalue weighted by molar-refractivity contribution is 5.78. The maximum atomic E-state index is 14.0. The van der Waals surface area contributed by atoms with Crippen molar-refractivity contribution in [3.05, 3.63) is 87.6 Å². The van der Waals surface area contributed by atoms with E-state index in [0.717, 1.165) is 22.4 Å². The zero-order chi connectivity index (χ0) is 20.3. The van der Waals surface area contributed by atoms with Crippen molar-refractivity contribution in [1.29, 1.82) is 0 Å². The predicted octanol–water partition coefficient (Wildman–Crippen LogP) is 5.66. The Bertz CT molecular complexity index is 1070. The minimum Gasteiger partial charge on any atom is -0.496 e. The van der Waals surface area contributed by atoms with Crippen molar-refractivity contribution in [2.75, 3.05) is 7.11 Å². The second kappa shape index (κ2) is 7.85. The summed E-state index contributed by atoms with van der Waals surface area (Å²) in [7, 11) is 1.63. The molecule has 1 heterocycles. The van der Waals surface area contributed by atoms with Gasteiger partial charge in [0.1, 0.15) is 11.6 Å². The van der Waals surface area contributed by atoms with Gasteiger partial charge in [-0.25, -0.2) is 4.39 Å². The third-order valence-corrected chi connectivity index (χ3v) is 4.61. The molecule has 0 fully saturated rings. The number of aromatic nitrogens is 1. The van der Waals surface area contributed by atoms with Crippen molar-refractivity contribution in [1.82, 2.24) is 4.98 Å². The number of nitrogens with one attached hydrogen (secondary N) is 1. The van der Waals surface area contributed by atoms with Gasteiger partial charge in [-0.05, 0) is 41.3 Å². The molecule has 3 aromatic rings. The van der Waals surface area contributed by atoms with Gasteiger partial charge in [-0.1, -0.05) is 51.1 Å². The van der Waals surface area contributed by atoms with Crippen molar-refractivity contribution in [3.8, 4) is 16.9 Å². The molecule has 0 aliphatic heterocycles. The van der Waals surface area contributed by atoms with E-state index in [1.54, 1.807) is 49.7 Å². The van der Waals surface area contributed by atoms with E-state index in [-0.39, 0.29) is 16.8 Å². The summed E-state index contributed by atoms with van der Waals surface area (Å²) in [5, 5.41) is 0. The zero-order valence-electron chi connectivity index (χ0n) is 16.5. The van der Waals surface area contributed by atoms with Crippen LogP contribution in [0.4, 0.5) is 4.39 Å². The highest BCUT2D eigenvalue weighted by Crippen LogP contribution is 2.38. The summed E-state index contributed by atoms with van der Waals surface area (Å²) in [5.74, 6) is 0.431. The minimum atomic E-state index is -0.288. The summed E-state index contributed by atoms with van der Waals surface area (Å²) in [4.78, 5) is 15.0. The van der Waals surface area contributed by atoms with Crippen LogP contribution in [0.15, 0.2) is 59.5 Å². The van der Waals surface area contributed by atoms with Crippen molar-refractivity contribution in [2.45, 2.75) is 26.2 Å². The number of halogens is 1. The van der Waals surface area contributed by atoms with Crippen molar-refractivity contribution in [3.63, 3.8) is 0 Å². The highest BCUT2D eigenvalue weighted by Gasteiger charge is 2.22. The van der Waals surface area contributed by atoms with Gasteiger partial charge >= 0.3 is 0 Å². The Morgan fingerprint density at radius 2 is 1.71 bits per heavy atom. The molecule has 0 aliphatic carbocycles. The molecular formula is C24H24FNO2. The largest absolute Gasteiger partial charge is 0.496 e. The van der Waals surface area contributed by atoms with Crippen molar-refractivity contribution >= 4 is 12.2 Å². The van der Waals surface area contributed by atoms with E-state index in [0.29, 0.717) is 11.1 Å². The van der Waals surface area contributed by atoms with Crippen LogP contribution < -0.4 is 10.3 Å². The molecule has 0 atom stereocenters. The van der Waals surface area contributed by atoms with Crippen LogP contribution in [0.2, 0.25) is 0 Å². The monoisotopic (exact) mass is 377 g/mol. The third-order valence-electron chi connectivity index (χ3n) is 4.61. The Balaban J connectivity index is 2.23. The van der Waals surface area contributed by atoms with Gasteiger partial charge in [0, 0.05) is 28.5 Å². The Labute approximate surface area is 164 Å². The van der Waals surface area contributed by atoms with Gasteiger partial charge in [-0.2, -0.15) is 0 Å². The molecule has 4 heteroatoms. The number of rotatable bonds is 4. The highest BCUT2D eigenvalue weighted by atomic mass is 19.1. The lowest BCUT2D eigenvalue weighted by molar-refractivity contribution is 0.397. The molecular weight excluding hydrogens is 353 g/mol. The lowest BCUT2D eigenvalue weighted by Crippen LogP contribution is -2.15. The van der Waals surface area contributed by atoms with Crippen LogP contribution in [0.3, 0.4) is 0 Å². The van der Waals surface area contributed by atoms with Crippen LogP contribution in [-0.2, 0) is 5.41 Å². The Hall–Kier alpha value is -3.14. The van der Waals surface area contributed by atoms with Gasteiger partial charge in [0.05, 0.1) is 7.11 Å². The molecule has 0 unspecified atom stereocenters. The first-order valence-corrected chi connectivity index (χ1v) is 9.14. The first kappa shape index (κ1) is 19.6. The summed E-state index contributed by atoms with van der Waals surface area (Å²) < 4.78 is 19.7. The number of pyridine rings is 1. The average molecular weight is 377 g/mol. The van der Waals surface area contributed by atoms with Gasteiger partial charge in [-0.15, -0.1) is 0 Å². The lowest BCUT2D eigenvalue weighted by atomic mass is 9.83. The maximum absolute atomic E-state index is 14.0. The number of hydrogen-bond acceptors (Lipinski definition) is 2. The van der Waals surface area contributed by atoms with Crippen LogP contribution in [-0.4, -0.2) is 12.1 Å². The number of benzene rings is 2. The second-order valence-corrected chi connectivity index (χ2v) is 7.66. The summed E-state index contributed by atoms with van der Waals surface area (Å²) in [6.45, 7) is 6.27. The molecule has 3 nitrogen and oxygen atoms in total. The first-order valence-electron chi connectivity index (χ1n) is 9.14. The molecule has 2 aromatic carbocycles. The van der Waals surface area contributed by atoms with E-state index in [1.165, 1.54) is 6.07 Å². The summed E-state index contributed by atoms with van der Waals surface area (Å²) in [6, 6.07) is 14.1. The van der Waals surface area contributed by atoms with E-state index in [1.807, 2.05) is 18.2 Å². The normalized spacial score (nSPS) is 11.8. The lowest BCUT2D eigenvalue weighted by Gasteiger charge is -2.24. The van der Waals surface area contributed by atoms with Gasteiger partial charge in [0.2, 0.25) is 0 Å². The average Bonchev–Trinajstić information content (AvgIpc) is 2.66. The molecule has 28 heavy (non-hydrogen) atoms. The Morgan fingerprint density at radius 1 is 1.00 bits per heavy atom. The Morgan fingerprint density at radius 3 is 2.36 bits per heavy atom. The van der Waals surface area contributed by atoms with Crippen molar-refractivity contribution < 1.29 is 9.13 Å². The number of H-pyrrole nitrogens is 1. The van der Waals surface area contributed by atoms with E-state index >= 15 is 0 Å². The van der Waals surface area contributed by atoms with E-state index in [9.17, 15) is 9.18 Å². The van der Waals surface area contributed by atoms with Crippen LogP contribution in [0, 0.1) is 5.82 Å². The number of methoxy groups -OCH3 is 1. The van der Waals surface area contributed by atoms with Gasteiger partial charge < -0.3 is 9.72 Å². The molecule has 0 amide bonds. The van der Waals surface area contributed by atoms with E-state index in [4.69, 9.17) is 4.74 Å². The van der Waals surface area contributed by atoms with E-state index in [2.05, 4.69) is 25.8 Å². The number of ether oxygens (including phenoxy) is 1. The fraction of sp³-hybridized carbons (Fsp3) is 0.208. The fourth-order valence-electron chi connectivity index (χ4n) is 3.15. The summed E-state index contributed by atoms with van der Waals surface area (Å²) in [6.07, 6.45) is 5.16. The SMILES string of the molecule is COc1c(/C=C/c2ccccc2F)cc(-c2ccc[nH]c2=O)cc1C(C)(C)C. The van der Waals surface area contributed by atoms with Crippen LogP contribution in [0.1, 0.15) is 37.5 Å². The molecule has 0 spiro atoms. The number of hydrogen-bond donors (Lipinski definition) is 1. The van der Waals surface area contributed by atoms with Crippen molar-refractivity contribution in [2.24, 2.45) is 0 Å². The molecule has 1 aromatic heterocycles. The minimum absolute atomic E-state index is 0.156. The topological polar surface area (TPSA) is 42.1 Å². The molecule has 144 valence electrons. The fourth-order valence-corrected chi connectivity index (χ4v) is 3.15. The van der Waals surface area contributed by atoms with E-state index < -0.39 is 0 Å². The quantitative estimate of drug-likeness (QED) is 0.596. The van der Waals surface area contributed by atoms with Crippen LogP contribution in [0.5, 0.6) is 5.75 Å². The van der Waals surface area contributed by atoms with Gasteiger partial charge in [0.15, 0.2) is 0 Å². The molecule has 0 saturated carbocycles. The first-order chi connectivity index (χ1) is 13.3. The second-order valence-electron chi connectivity index (χ2n) is 7.66. The molecule has 0 aliphatic rings. The standard InChI is InChI=1S/C24H24FNO2/c1-24(2,3)20-15-18(19-9-7-13-26-23(19)27)14-17(22(20)28-4)12-11-16-8-5-6-10-21(16)25/h5-15H,1-4H3,(H,26,27)/b12-11+. The molecule has 0 bridgehead atoms. The van der Waals surface area contributed by atoms with Crippen LogP contribution >= 0.6 is 0 Å². The molecule has 0 radical (unpaired) electrons. The smallest absolute Gasteiger partial charge is 0.255 e. The van der Waals surface area contributed by atoms with Crippen LogP contribution in [0.25, 0.3) is 23.3 Å². The molecule has 1 N–H and O–H groups in total. The number of aromatic amines is 1. The summed E-state index contributed by atoms with van der Waals surface area (Å²) in [5.41, 5.74) is 3.27. The molecule has 0 saturated heterocycles. The maximum Gasteiger partial charge on any atom is 0.255 e. The van der Waals surface area contributed by atoms with Gasteiger partial charge in [-0.3, -0.25) is 4.79 Å². The van der Waals surface area contributed by atoms with Gasteiger partial charge in [0.25, 0.3) is 5.56 Å². The zero-order valence-corrected chi connectivity index (χ0v) is 16.5. The molecule has 3 rings (SSSR count).